The third kappa shape index (κ3) is 3.13. The Morgan fingerprint density at radius 3 is 2.32 bits per heavy atom. The molecule has 0 unspecified atom stereocenters. The molecule has 0 spiro atoms. The predicted octanol–water partition coefficient (Wildman–Crippen LogP) is 6.15. The topological polar surface area (TPSA) is 37.9 Å². The minimum atomic E-state index is 0.511. The number of aromatic amines is 1. The van der Waals surface area contributed by atoms with E-state index in [1.54, 1.807) is 0 Å². The van der Waals surface area contributed by atoms with Gasteiger partial charge in [0.15, 0.2) is 0 Å². The van der Waals surface area contributed by atoms with Crippen molar-refractivity contribution in [2.75, 3.05) is 0 Å². The van der Waals surface area contributed by atoms with Crippen LogP contribution < -0.4 is 4.74 Å². The first-order valence-corrected chi connectivity index (χ1v) is 8.52. The first-order valence-electron chi connectivity index (χ1n) is 8.52. The molecule has 0 aliphatic carbocycles. The molecule has 0 amide bonds. The Kier molecular flexibility index (Phi) is 3.98. The van der Waals surface area contributed by atoms with E-state index in [0.717, 1.165) is 33.9 Å². The van der Waals surface area contributed by atoms with Gasteiger partial charge in [0.1, 0.15) is 17.3 Å². The molecule has 0 aliphatic rings. The number of aromatic nitrogens is 2. The van der Waals surface area contributed by atoms with Gasteiger partial charge in [-0.05, 0) is 47.9 Å². The van der Waals surface area contributed by atoms with E-state index < -0.39 is 0 Å². The van der Waals surface area contributed by atoms with Crippen molar-refractivity contribution in [3.8, 4) is 22.9 Å². The first kappa shape index (κ1) is 15.5. The lowest BCUT2D eigenvalue weighted by Gasteiger charge is -2.11. The van der Waals surface area contributed by atoms with Gasteiger partial charge in [-0.1, -0.05) is 50.2 Å². The number of nitrogens with zero attached hydrogens (tertiary/aromatic N) is 1. The molecule has 1 aromatic heterocycles. The van der Waals surface area contributed by atoms with Gasteiger partial charge in [-0.25, -0.2) is 4.98 Å². The molecule has 4 rings (SSSR count). The lowest BCUT2D eigenvalue weighted by molar-refractivity contribution is 0.484. The zero-order valence-corrected chi connectivity index (χ0v) is 14.4. The third-order valence-corrected chi connectivity index (χ3v) is 4.31. The molecule has 3 nitrogen and oxygen atoms in total. The van der Waals surface area contributed by atoms with Crippen LogP contribution >= 0.6 is 0 Å². The van der Waals surface area contributed by atoms with E-state index in [4.69, 9.17) is 4.74 Å². The van der Waals surface area contributed by atoms with E-state index in [-0.39, 0.29) is 0 Å². The molecule has 4 aromatic rings. The largest absolute Gasteiger partial charge is 0.457 e. The number of hydrogen-bond acceptors (Lipinski definition) is 2. The van der Waals surface area contributed by atoms with Crippen molar-refractivity contribution < 1.29 is 4.74 Å². The fraction of sp³-hybridized carbons (Fsp3) is 0.136. The lowest BCUT2D eigenvalue weighted by Crippen LogP contribution is -1.91. The summed E-state index contributed by atoms with van der Waals surface area (Å²) in [7, 11) is 0. The van der Waals surface area contributed by atoms with Gasteiger partial charge >= 0.3 is 0 Å². The van der Waals surface area contributed by atoms with Crippen molar-refractivity contribution in [2.45, 2.75) is 19.8 Å². The Hall–Kier alpha value is -3.07. The van der Waals surface area contributed by atoms with Crippen LogP contribution in [0.25, 0.3) is 22.4 Å². The molecule has 124 valence electrons. The Bertz CT molecular complexity index is 967. The van der Waals surface area contributed by atoms with Crippen LogP contribution in [0.2, 0.25) is 0 Å². The number of nitrogens with one attached hydrogen (secondary N) is 1. The van der Waals surface area contributed by atoms with Crippen molar-refractivity contribution in [1.29, 1.82) is 0 Å². The van der Waals surface area contributed by atoms with Crippen LogP contribution in [0.3, 0.4) is 0 Å². The van der Waals surface area contributed by atoms with E-state index in [1.165, 1.54) is 5.56 Å². The van der Waals surface area contributed by atoms with Gasteiger partial charge in [0, 0.05) is 0 Å². The SMILES string of the molecule is CC(C)c1ccc(Oc2ccccc2-c2nc3ccccc3[nH]2)cc1. The van der Waals surface area contributed by atoms with Crippen LogP contribution in [-0.4, -0.2) is 9.97 Å². The number of rotatable bonds is 4. The molecule has 1 N–H and O–H groups in total. The van der Waals surface area contributed by atoms with Crippen LogP contribution in [0.5, 0.6) is 11.5 Å². The average Bonchev–Trinajstić information content (AvgIpc) is 3.06. The summed E-state index contributed by atoms with van der Waals surface area (Å²) in [6.45, 7) is 4.37. The second kappa shape index (κ2) is 6.44. The number of hydrogen-bond donors (Lipinski definition) is 1. The standard InChI is InChI=1S/C22H20N2O/c1-15(2)16-11-13-17(14-12-16)25-21-10-6-3-7-18(21)22-23-19-8-4-5-9-20(19)24-22/h3-15H,1-2H3,(H,23,24). The first-order chi connectivity index (χ1) is 12.2. The molecular weight excluding hydrogens is 308 g/mol. The number of imidazole rings is 1. The Labute approximate surface area is 147 Å². The van der Waals surface area contributed by atoms with E-state index in [2.05, 4.69) is 35.9 Å². The van der Waals surface area contributed by atoms with Crippen LogP contribution in [-0.2, 0) is 0 Å². The molecule has 0 saturated heterocycles. The monoisotopic (exact) mass is 328 g/mol. The molecule has 0 atom stereocenters. The van der Waals surface area contributed by atoms with Crippen LogP contribution in [0, 0.1) is 0 Å². The Morgan fingerprint density at radius 2 is 1.56 bits per heavy atom. The van der Waals surface area contributed by atoms with Crippen LogP contribution in [0.4, 0.5) is 0 Å². The number of fused-ring (bicyclic) bond motifs is 1. The van der Waals surface area contributed by atoms with Crippen molar-refractivity contribution >= 4 is 11.0 Å². The van der Waals surface area contributed by atoms with Crippen molar-refractivity contribution in [3.63, 3.8) is 0 Å². The minimum Gasteiger partial charge on any atom is -0.457 e. The highest BCUT2D eigenvalue weighted by atomic mass is 16.5. The van der Waals surface area contributed by atoms with Crippen molar-refractivity contribution in [2.24, 2.45) is 0 Å². The number of H-pyrrole nitrogens is 1. The highest BCUT2D eigenvalue weighted by Crippen LogP contribution is 2.33. The predicted molar refractivity (Wildman–Crippen MR) is 102 cm³/mol. The number of para-hydroxylation sites is 3. The molecule has 0 aliphatic heterocycles. The van der Waals surface area contributed by atoms with Gasteiger partial charge in [-0.3, -0.25) is 0 Å². The summed E-state index contributed by atoms with van der Waals surface area (Å²) in [6.07, 6.45) is 0. The highest BCUT2D eigenvalue weighted by Gasteiger charge is 2.11. The summed E-state index contributed by atoms with van der Waals surface area (Å²) in [6, 6.07) is 24.3. The molecule has 1 heterocycles. The number of ether oxygens (including phenoxy) is 1. The van der Waals surface area contributed by atoms with Gasteiger partial charge in [-0.15, -0.1) is 0 Å². The smallest absolute Gasteiger partial charge is 0.142 e. The van der Waals surface area contributed by atoms with Crippen molar-refractivity contribution in [3.05, 3.63) is 78.4 Å². The van der Waals surface area contributed by atoms with Crippen molar-refractivity contribution in [1.82, 2.24) is 9.97 Å². The van der Waals surface area contributed by atoms with Crippen LogP contribution in [0.15, 0.2) is 72.8 Å². The van der Waals surface area contributed by atoms with E-state index in [1.807, 2.05) is 60.7 Å². The molecule has 0 bridgehead atoms. The normalized spacial score (nSPS) is 11.2. The molecule has 0 radical (unpaired) electrons. The van der Waals surface area contributed by atoms with Gasteiger partial charge in [0.05, 0.1) is 16.6 Å². The molecule has 25 heavy (non-hydrogen) atoms. The molecule has 3 heteroatoms. The van der Waals surface area contributed by atoms with E-state index in [9.17, 15) is 0 Å². The van der Waals surface area contributed by atoms with Gasteiger partial charge in [0.25, 0.3) is 0 Å². The summed E-state index contributed by atoms with van der Waals surface area (Å²) in [5.41, 5.74) is 4.23. The molecular formula is C22H20N2O. The average molecular weight is 328 g/mol. The fourth-order valence-corrected chi connectivity index (χ4v) is 2.88. The van der Waals surface area contributed by atoms with Gasteiger partial charge in [0.2, 0.25) is 0 Å². The second-order valence-electron chi connectivity index (χ2n) is 6.42. The number of benzene rings is 3. The zero-order valence-electron chi connectivity index (χ0n) is 14.4. The minimum absolute atomic E-state index is 0.511. The van der Waals surface area contributed by atoms with Gasteiger partial charge < -0.3 is 9.72 Å². The summed E-state index contributed by atoms with van der Waals surface area (Å²) in [5, 5.41) is 0. The highest BCUT2D eigenvalue weighted by molar-refractivity contribution is 5.80. The van der Waals surface area contributed by atoms with E-state index >= 15 is 0 Å². The quantitative estimate of drug-likeness (QED) is 0.488. The van der Waals surface area contributed by atoms with E-state index in [0.29, 0.717) is 5.92 Å². The molecule has 0 saturated carbocycles. The second-order valence-corrected chi connectivity index (χ2v) is 6.42. The third-order valence-electron chi connectivity index (χ3n) is 4.31. The zero-order chi connectivity index (χ0) is 17.2. The maximum Gasteiger partial charge on any atom is 0.142 e. The Balaban J connectivity index is 1.69. The van der Waals surface area contributed by atoms with Crippen LogP contribution in [0.1, 0.15) is 25.3 Å². The lowest BCUT2D eigenvalue weighted by atomic mass is 10.0. The summed E-state index contributed by atoms with van der Waals surface area (Å²) in [5.74, 6) is 2.94. The Morgan fingerprint density at radius 1 is 0.840 bits per heavy atom. The summed E-state index contributed by atoms with van der Waals surface area (Å²) < 4.78 is 6.13. The summed E-state index contributed by atoms with van der Waals surface area (Å²) in [4.78, 5) is 8.06. The maximum absolute atomic E-state index is 6.13. The molecule has 0 fully saturated rings. The molecule has 3 aromatic carbocycles. The fourth-order valence-electron chi connectivity index (χ4n) is 2.88. The maximum atomic E-state index is 6.13. The summed E-state index contributed by atoms with van der Waals surface area (Å²) >= 11 is 0. The van der Waals surface area contributed by atoms with Gasteiger partial charge in [-0.2, -0.15) is 0 Å².